The molecular weight excluding hydrogens is 492 g/mol. The van der Waals surface area contributed by atoms with Gasteiger partial charge in [-0.05, 0) is 31.4 Å². The Labute approximate surface area is 218 Å². The summed E-state index contributed by atoms with van der Waals surface area (Å²) in [4.78, 5) is 51.8. The van der Waals surface area contributed by atoms with Gasteiger partial charge in [0.15, 0.2) is 4.90 Å². The van der Waals surface area contributed by atoms with Gasteiger partial charge >= 0.3 is 11.1 Å². The van der Waals surface area contributed by atoms with Gasteiger partial charge in [-0.15, -0.1) is 0 Å². The van der Waals surface area contributed by atoms with Gasteiger partial charge in [0.05, 0.1) is 46.3 Å². The molecule has 1 amide bonds. The molecule has 0 spiro atoms. The first kappa shape index (κ1) is 25.7. The van der Waals surface area contributed by atoms with Crippen LogP contribution in [-0.2, 0) is 33.5 Å². The number of carbonyl (C=O) groups excluding carboxylic acids is 2. The molecule has 5 rings (SSSR count). The van der Waals surface area contributed by atoms with E-state index in [1.54, 1.807) is 6.92 Å². The lowest BCUT2D eigenvalue weighted by atomic mass is 10.0. The second-order valence-corrected chi connectivity index (χ2v) is 12.1. The molecule has 0 aliphatic carbocycles. The van der Waals surface area contributed by atoms with E-state index in [1.165, 1.54) is 0 Å². The maximum Gasteiger partial charge on any atom is 0.355 e. The van der Waals surface area contributed by atoms with Crippen molar-refractivity contribution < 1.29 is 19.5 Å². The molecular formula is C27H33N4O5S+. The number of hydrogen-bond donors (Lipinski definition) is 1. The van der Waals surface area contributed by atoms with Crippen molar-refractivity contribution in [3.63, 3.8) is 0 Å². The zero-order valence-electron chi connectivity index (χ0n) is 21.6. The van der Waals surface area contributed by atoms with E-state index >= 15 is 0 Å². The summed E-state index contributed by atoms with van der Waals surface area (Å²) in [5, 5.41) is 11.0. The number of fused-ring (bicyclic) bond motifs is 2. The molecule has 37 heavy (non-hydrogen) atoms. The van der Waals surface area contributed by atoms with Crippen LogP contribution in [0.25, 0.3) is 11.0 Å². The summed E-state index contributed by atoms with van der Waals surface area (Å²) in [7, 11) is -0.714. The Morgan fingerprint density at radius 3 is 2.70 bits per heavy atom. The van der Waals surface area contributed by atoms with Crippen LogP contribution >= 0.6 is 0 Å². The average molecular weight is 526 g/mol. The summed E-state index contributed by atoms with van der Waals surface area (Å²) in [6.07, 6.45) is 0.818. The molecule has 10 heteroatoms. The predicted octanol–water partition coefficient (Wildman–Crippen LogP) is 3.05. The number of aryl methyl sites for hydroxylation is 1. The monoisotopic (exact) mass is 525 g/mol. The molecule has 9 nitrogen and oxygen atoms in total. The van der Waals surface area contributed by atoms with Crippen molar-refractivity contribution in [2.24, 2.45) is 5.92 Å². The van der Waals surface area contributed by atoms with Gasteiger partial charge in [0, 0.05) is 12.5 Å². The van der Waals surface area contributed by atoms with Crippen LogP contribution in [0, 0.1) is 5.92 Å². The number of para-hydroxylation sites is 2. The molecule has 0 saturated carbocycles. The van der Waals surface area contributed by atoms with Crippen LogP contribution < -0.4 is 5.56 Å². The molecule has 2 aromatic heterocycles. The Morgan fingerprint density at radius 2 is 2.03 bits per heavy atom. The van der Waals surface area contributed by atoms with Gasteiger partial charge in [0.1, 0.15) is 30.2 Å². The standard InChI is InChI=1S/C27H33N4O5S/c1-5-8-23-28-20-9-6-7-10-21(20)29(23)12-18-11-22-24(17(4)26(34)37(22)15-16(2)3)25(33)31(18)27(35)30-13-19(32)14-36-30/h6-7,9-11,16-17,19,32H,5,8,12-15H2,1-4H3/q+1/t17-,19?,37?/m0/s1. The maximum atomic E-state index is 14.0. The number of amides is 1. The van der Waals surface area contributed by atoms with Crippen molar-refractivity contribution in [3.05, 3.63) is 57.8 Å². The lowest BCUT2D eigenvalue weighted by molar-refractivity contribution is -0.112. The fourth-order valence-corrected chi connectivity index (χ4v) is 7.70. The van der Waals surface area contributed by atoms with Gasteiger partial charge in [-0.25, -0.2) is 19.1 Å². The molecule has 0 bridgehead atoms. The van der Waals surface area contributed by atoms with Crippen molar-refractivity contribution in [1.29, 1.82) is 0 Å². The Bertz CT molecular complexity index is 1430. The van der Waals surface area contributed by atoms with Crippen LogP contribution in [0.15, 0.2) is 40.0 Å². The summed E-state index contributed by atoms with van der Waals surface area (Å²) in [6, 6.07) is 9.02. The highest BCUT2D eigenvalue weighted by atomic mass is 32.2. The normalized spacial score (nSPS) is 21.4. The minimum Gasteiger partial charge on any atom is -0.389 e. The van der Waals surface area contributed by atoms with E-state index in [1.807, 2.05) is 34.9 Å². The number of pyridine rings is 1. The molecule has 2 unspecified atom stereocenters. The first-order valence-corrected chi connectivity index (χ1v) is 14.2. The number of nitrogens with zero attached hydrogens (tertiary/aromatic N) is 4. The second kappa shape index (κ2) is 10.1. The largest absolute Gasteiger partial charge is 0.389 e. The third kappa shape index (κ3) is 4.51. The van der Waals surface area contributed by atoms with E-state index in [2.05, 4.69) is 20.8 Å². The van der Waals surface area contributed by atoms with Crippen molar-refractivity contribution in [3.8, 4) is 0 Å². The van der Waals surface area contributed by atoms with Crippen molar-refractivity contribution >= 4 is 33.1 Å². The number of benzene rings is 1. The predicted molar refractivity (Wildman–Crippen MR) is 142 cm³/mol. The molecule has 1 aromatic carbocycles. The van der Waals surface area contributed by atoms with E-state index in [4.69, 9.17) is 9.82 Å². The molecule has 2 aliphatic heterocycles. The third-order valence-electron chi connectivity index (χ3n) is 6.81. The van der Waals surface area contributed by atoms with Gasteiger partial charge in [-0.1, -0.05) is 32.9 Å². The number of aromatic nitrogens is 3. The maximum absolute atomic E-state index is 14.0. The van der Waals surface area contributed by atoms with Gasteiger partial charge in [-0.3, -0.25) is 9.63 Å². The average Bonchev–Trinajstić information content (AvgIpc) is 3.51. The summed E-state index contributed by atoms with van der Waals surface area (Å²) in [6.45, 7) is 8.17. The van der Waals surface area contributed by atoms with Crippen LogP contribution in [0.2, 0.25) is 0 Å². The van der Waals surface area contributed by atoms with E-state index in [0.29, 0.717) is 17.0 Å². The minimum atomic E-state index is -0.816. The Morgan fingerprint density at radius 1 is 1.27 bits per heavy atom. The first-order valence-electron chi connectivity index (χ1n) is 12.8. The number of aliphatic hydroxyl groups is 1. The van der Waals surface area contributed by atoms with E-state index < -0.39 is 34.5 Å². The lowest BCUT2D eigenvalue weighted by Crippen LogP contribution is -2.42. The Balaban J connectivity index is 1.70. The molecule has 2 aliphatic rings. The van der Waals surface area contributed by atoms with Crippen LogP contribution in [-0.4, -0.2) is 60.4 Å². The number of β-amino-alcohol motifs (C(OH)–C–C–N with tert-alkyl or cyclic N) is 1. The highest BCUT2D eigenvalue weighted by Crippen LogP contribution is 2.37. The number of aliphatic hydroxyl groups excluding tert-OH is 1. The Hall–Kier alpha value is -2.95. The molecule has 196 valence electrons. The van der Waals surface area contributed by atoms with Crippen molar-refractivity contribution in [2.45, 2.75) is 64.0 Å². The minimum absolute atomic E-state index is 0.0136. The molecule has 1 fully saturated rings. The molecule has 4 heterocycles. The highest BCUT2D eigenvalue weighted by Gasteiger charge is 2.50. The van der Waals surface area contributed by atoms with Gasteiger partial charge in [0.2, 0.25) is 0 Å². The smallest absolute Gasteiger partial charge is 0.355 e. The van der Waals surface area contributed by atoms with Crippen molar-refractivity contribution in [1.82, 2.24) is 19.2 Å². The SMILES string of the molecule is CCCc1nc2ccccc2n1Cc1cc2c(c(=O)n1C(=O)N1CC(O)CO1)[C@H](C)C(=O)[S+]2CC(C)C. The quantitative estimate of drug-likeness (QED) is 0.496. The summed E-state index contributed by atoms with van der Waals surface area (Å²) >= 11 is 0. The number of imidazole rings is 1. The molecule has 1 N–H and O–H groups in total. The van der Waals surface area contributed by atoms with Crippen LogP contribution in [0.3, 0.4) is 0 Å². The molecule has 3 aromatic rings. The topological polar surface area (TPSA) is 107 Å². The zero-order chi connectivity index (χ0) is 26.4. The fourth-order valence-electron chi connectivity index (χ4n) is 5.12. The van der Waals surface area contributed by atoms with E-state index in [-0.39, 0.29) is 30.7 Å². The summed E-state index contributed by atoms with van der Waals surface area (Å²) < 4.78 is 3.18. The van der Waals surface area contributed by atoms with E-state index in [9.17, 15) is 19.5 Å². The van der Waals surface area contributed by atoms with Gasteiger partial charge < -0.3 is 9.67 Å². The number of hydroxylamine groups is 2. The lowest BCUT2D eigenvalue weighted by Gasteiger charge is -2.20. The summed E-state index contributed by atoms with van der Waals surface area (Å²) in [5.74, 6) is 1.25. The second-order valence-electron chi connectivity index (χ2n) is 10.2. The molecule has 0 radical (unpaired) electrons. The first-order chi connectivity index (χ1) is 17.7. The fraction of sp³-hybridized carbons (Fsp3) is 0.481. The number of rotatable bonds is 6. The third-order valence-corrected chi connectivity index (χ3v) is 9.52. The number of carbonyl (C=O) groups is 2. The van der Waals surface area contributed by atoms with E-state index in [0.717, 1.165) is 44.2 Å². The number of hydrogen-bond acceptors (Lipinski definition) is 6. The zero-order valence-corrected chi connectivity index (χ0v) is 22.5. The highest BCUT2D eigenvalue weighted by molar-refractivity contribution is 8.11. The van der Waals surface area contributed by atoms with Crippen molar-refractivity contribution in [2.75, 3.05) is 18.9 Å². The van der Waals surface area contributed by atoms with Crippen LogP contribution in [0.1, 0.15) is 57.1 Å². The summed E-state index contributed by atoms with van der Waals surface area (Å²) in [5.41, 5.74) is 2.15. The van der Waals surface area contributed by atoms with Gasteiger partial charge in [0.25, 0.3) is 5.56 Å². The van der Waals surface area contributed by atoms with Crippen LogP contribution in [0.5, 0.6) is 0 Å². The van der Waals surface area contributed by atoms with Gasteiger partial charge in [-0.2, -0.15) is 5.06 Å². The Kier molecular flexibility index (Phi) is 6.99. The molecule has 3 atom stereocenters. The molecule has 1 saturated heterocycles. The van der Waals surface area contributed by atoms with Crippen LogP contribution in [0.4, 0.5) is 4.79 Å².